The fraction of sp³-hybridized carbons (Fsp3) is 1.00. The van der Waals surface area contributed by atoms with Crippen LogP contribution in [0.5, 0.6) is 0 Å². The van der Waals surface area contributed by atoms with Crippen LogP contribution in [0.15, 0.2) is 0 Å². The van der Waals surface area contributed by atoms with Gasteiger partial charge in [-0.05, 0) is 12.8 Å². The van der Waals surface area contributed by atoms with Crippen LogP contribution in [0.3, 0.4) is 0 Å². The molecule has 0 amide bonds. The molecule has 0 spiro atoms. The van der Waals surface area contributed by atoms with E-state index in [1.807, 2.05) is 0 Å². The Balaban J connectivity index is 0. The fourth-order valence-corrected chi connectivity index (χ4v) is 1.13. The van der Waals surface area contributed by atoms with Gasteiger partial charge in [-0.25, -0.2) is 0 Å². The predicted octanol–water partition coefficient (Wildman–Crippen LogP) is -1.46. The van der Waals surface area contributed by atoms with E-state index < -0.39 is 0 Å². The Morgan fingerprint density at radius 2 is 1.45 bits per heavy atom. The van der Waals surface area contributed by atoms with Gasteiger partial charge in [-0.3, -0.25) is 0 Å². The minimum absolute atomic E-state index is 0. The maximum Gasteiger partial charge on any atom is 0.0753 e. The lowest BCUT2D eigenvalue weighted by Crippen LogP contribution is -3.00. The molecular formula is C9H22ClN. The quantitative estimate of drug-likeness (QED) is 0.461. The van der Waals surface area contributed by atoms with Crippen LogP contribution in [0, 0.1) is 0 Å². The molecule has 2 heteroatoms. The second kappa shape index (κ2) is 12.9. The van der Waals surface area contributed by atoms with Gasteiger partial charge in [-0.2, -0.15) is 0 Å². The number of rotatable bonds is 7. The molecule has 0 atom stereocenters. The summed E-state index contributed by atoms with van der Waals surface area (Å²) in [5.74, 6) is 0. The Kier molecular flexibility index (Phi) is 16.2. The van der Waals surface area contributed by atoms with Gasteiger partial charge in [0.2, 0.25) is 0 Å². The van der Waals surface area contributed by atoms with Gasteiger partial charge in [0.25, 0.3) is 0 Å². The minimum Gasteiger partial charge on any atom is -1.00 e. The highest BCUT2D eigenvalue weighted by Gasteiger charge is 1.88. The largest absolute Gasteiger partial charge is 1.00 e. The van der Waals surface area contributed by atoms with Crippen molar-refractivity contribution in [3.05, 3.63) is 0 Å². The summed E-state index contributed by atoms with van der Waals surface area (Å²) in [5.41, 5.74) is 0. The number of unbranched alkanes of at least 4 members (excludes halogenated alkanes) is 5. The monoisotopic (exact) mass is 179 g/mol. The van der Waals surface area contributed by atoms with Crippen molar-refractivity contribution in [3.8, 4) is 0 Å². The van der Waals surface area contributed by atoms with Crippen molar-refractivity contribution in [2.24, 2.45) is 0 Å². The lowest BCUT2D eigenvalue weighted by molar-refractivity contribution is -0.627. The van der Waals surface area contributed by atoms with Gasteiger partial charge in [0.15, 0.2) is 0 Å². The molecule has 0 aromatic carbocycles. The first-order valence-electron chi connectivity index (χ1n) is 4.69. The summed E-state index contributed by atoms with van der Waals surface area (Å²) < 4.78 is 0. The molecule has 0 aromatic heterocycles. The maximum atomic E-state index is 2.26. The van der Waals surface area contributed by atoms with Crippen molar-refractivity contribution in [2.75, 3.05) is 13.6 Å². The van der Waals surface area contributed by atoms with Gasteiger partial charge >= 0.3 is 0 Å². The van der Waals surface area contributed by atoms with E-state index >= 15 is 0 Å². The lowest BCUT2D eigenvalue weighted by Gasteiger charge is -1.97. The van der Waals surface area contributed by atoms with Crippen molar-refractivity contribution < 1.29 is 17.7 Å². The summed E-state index contributed by atoms with van der Waals surface area (Å²) in [5, 5.41) is 2.26. The number of quaternary nitrogens is 1. The molecular weight excluding hydrogens is 158 g/mol. The Labute approximate surface area is 77.4 Å². The molecule has 0 aromatic rings. The first kappa shape index (κ1) is 13.8. The summed E-state index contributed by atoms with van der Waals surface area (Å²) in [7, 11) is 2.14. The molecule has 70 valence electrons. The van der Waals surface area contributed by atoms with Crippen LogP contribution >= 0.6 is 0 Å². The number of halogens is 1. The highest BCUT2D eigenvalue weighted by molar-refractivity contribution is 4.41. The van der Waals surface area contributed by atoms with Crippen LogP contribution in [0.4, 0.5) is 0 Å². The molecule has 0 aliphatic carbocycles. The third kappa shape index (κ3) is 13.3. The first-order chi connectivity index (χ1) is 4.91. The zero-order chi connectivity index (χ0) is 7.66. The normalized spacial score (nSPS) is 9.27. The van der Waals surface area contributed by atoms with Gasteiger partial charge in [0.05, 0.1) is 13.6 Å². The van der Waals surface area contributed by atoms with Gasteiger partial charge in [-0.15, -0.1) is 0 Å². The number of hydrogen-bond donors (Lipinski definition) is 1. The summed E-state index contributed by atoms with van der Waals surface area (Å²) in [6.07, 6.45) is 8.52. The van der Waals surface area contributed by atoms with Crippen molar-refractivity contribution in [1.82, 2.24) is 0 Å². The first-order valence-corrected chi connectivity index (χ1v) is 4.69. The van der Waals surface area contributed by atoms with Gasteiger partial charge in [0, 0.05) is 0 Å². The third-order valence-electron chi connectivity index (χ3n) is 1.85. The van der Waals surface area contributed by atoms with E-state index in [2.05, 4.69) is 19.3 Å². The summed E-state index contributed by atoms with van der Waals surface area (Å²) in [6.45, 7) is 3.58. The molecule has 0 aliphatic rings. The van der Waals surface area contributed by atoms with Crippen molar-refractivity contribution in [2.45, 2.75) is 45.4 Å². The topological polar surface area (TPSA) is 16.6 Å². The Morgan fingerprint density at radius 3 is 2.00 bits per heavy atom. The smallest absolute Gasteiger partial charge is 0.0753 e. The summed E-state index contributed by atoms with van der Waals surface area (Å²) in [4.78, 5) is 0. The van der Waals surface area contributed by atoms with E-state index in [-0.39, 0.29) is 12.4 Å². The molecule has 0 saturated heterocycles. The summed E-state index contributed by atoms with van der Waals surface area (Å²) in [6, 6.07) is 0. The van der Waals surface area contributed by atoms with Crippen LogP contribution in [0.25, 0.3) is 0 Å². The molecule has 0 unspecified atom stereocenters. The predicted molar refractivity (Wildman–Crippen MR) is 46.1 cm³/mol. The molecule has 1 nitrogen and oxygen atoms in total. The molecule has 0 radical (unpaired) electrons. The average molecular weight is 180 g/mol. The van der Waals surface area contributed by atoms with Gasteiger partial charge < -0.3 is 17.7 Å². The highest BCUT2D eigenvalue weighted by atomic mass is 35.5. The molecule has 0 fully saturated rings. The fourth-order valence-electron chi connectivity index (χ4n) is 1.13. The molecule has 0 aliphatic heterocycles. The van der Waals surface area contributed by atoms with Crippen LogP contribution in [-0.4, -0.2) is 13.6 Å². The van der Waals surface area contributed by atoms with Crippen LogP contribution in [0.1, 0.15) is 45.4 Å². The lowest BCUT2D eigenvalue weighted by atomic mass is 10.1. The van der Waals surface area contributed by atoms with E-state index in [1.165, 1.54) is 45.1 Å². The summed E-state index contributed by atoms with van der Waals surface area (Å²) >= 11 is 0. The van der Waals surface area contributed by atoms with Crippen LogP contribution in [0.2, 0.25) is 0 Å². The molecule has 2 N–H and O–H groups in total. The van der Waals surface area contributed by atoms with E-state index in [1.54, 1.807) is 0 Å². The van der Waals surface area contributed by atoms with E-state index in [0.29, 0.717) is 0 Å². The Morgan fingerprint density at radius 1 is 0.909 bits per heavy atom. The van der Waals surface area contributed by atoms with Gasteiger partial charge in [-0.1, -0.05) is 32.6 Å². The highest BCUT2D eigenvalue weighted by Crippen LogP contribution is 2.03. The number of hydrogen-bond acceptors (Lipinski definition) is 0. The Bertz CT molecular complexity index is 49.5. The van der Waals surface area contributed by atoms with Gasteiger partial charge in [0.1, 0.15) is 0 Å². The third-order valence-corrected chi connectivity index (χ3v) is 1.85. The van der Waals surface area contributed by atoms with Crippen molar-refractivity contribution >= 4 is 0 Å². The SMILES string of the molecule is CCCCCCCC[NH2+]C.[Cl-]. The van der Waals surface area contributed by atoms with Crippen LogP contribution in [-0.2, 0) is 0 Å². The van der Waals surface area contributed by atoms with E-state index in [4.69, 9.17) is 0 Å². The van der Waals surface area contributed by atoms with Crippen molar-refractivity contribution in [3.63, 3.8) is 0 Å². The molecule has 11 heavy (non-hydrogen) atoms. The molecule has 0 heterocycles. The zero-order valence-corrected chi connectivity index (χ0v) is 8.66. The second-order valence-electron chi connectivity index (χ2n) is 2.96. The standard InChI is InChI=1S/C9H21N.ClH/c1-3-4-5-6-7-8-9-10-2;/h10H,3-9H2,1-2H3;1H. The van der Waals surface area contributed by atoms with Crippen molar-refractivity contribution in [1.29, 1.82) is 0 Å². The minimum atomic E-state index is 0. The molecule has 0 bridgehead atoms. The van der Waals surface area contributed by atoms with E-state index in [9.17, 15) is 0 Å². The maximum absolute atomic E-state index is 2.26. The Hall–Kier alpha value is 0.250. The zero-order valence-electron chi connectivity index (χ0n) is 7.91. The number of nitrogens with two attached hydrogens (primary N) is 1. The molecule has 0 saturated carbocycles. The van der Waals surface area contributed by atoms with E-state index in [0.717, 1.165) is 0 Å². The van der Waals surface area contributed by atoms with Crippen LogP contribution < -0.4 is 17.7 Å². The molecule has 0 rings (SSSR count). The average Bonchev–Trinajstić information content (AvgIpc) is 1.97. The second-order valence-corrected chi connectivity index (χ2v) is 2.96.